The number of imidazole rings is 4. The minimum absolute atomic E-state index is 0.773. The van der Waals surface area contributed by atoms with Crippen LogP contribution in [0.3, 0.4) is 0 Å². The van der Waals surface area contributed by atoms with E-state index in [1.807, 2.05) is 120 Å². The third-order valence-corrected chi connectivity index (χ3v) is 8.90. The van der Waals surface area contributed by atoms with Crippen LogP contribution in [-0.4, -0.2) is 61.1 Å². The van der Waals surface area contributed by atoms with Crippen LogP contribution in [-0.2, 0) is 28.2 Å². The molecule has 0 aromatic carbocycles. The fourth-order valence-electron chi connectivity index (χ4n) is 6.53. The normalized spacial score (nSPS) is 18.2. The van der Waals surface area contributed by atoms with Gasteiger partial charge in [-0.1, -0.05) is 0 Å². The number of rotatable bonds is 4. The molecule has 0 N–H and O–H groups in total. The molecule has 232 valence electrons. The largest absolute Gasteiger partial charge is 0.334 e. The number of nitrogens with zero attached hydrogens (tertiary/aromatic N) is 12. The van der Waals surface area contributed by atoms with Crippen LogP contribution in [0.15, 0.2) is 141 Å². The van der Waals surface area contributed by atoms with Gasteiger partial charge < -0.3 is 18.3 Å². The average molecular weight is 629 g/mol. The lowest BCUT2D eigenvalue weighted by Gasteiger charge is -2.12. The van der Waals surface area contributed by atoms with Crippen LogP contribution in [0.1, 0.15) is 22.8 Å². The quantitative estimate of drug-likeness (QED) is 0.328. The van der Waals surface area contributed by atoms with Crippen molar-refractivity contribution in [2.45, 2.75) is 0 Å². The smallest absolute Gasteiger partial charge is 0.0948 e. The molecule has 12 nitrogen and oxygen atoms in total. The molecule has 0 fully saturated rings. The molecule has 5 aliphatic heterocycles. The first-order chi connectivity index (χ1) is 23.4. The maximum atomic E-state index is 5.25. The van der Waals surface area contributed by atoms with Gasteiger partial charge in [0.15, 0.2) is 0 Å². The first-order valence-corrected chi connectivity index (χ1v) is 15.4. The van der Waals surface area contributed by atoms with Crippen molar-refractivity contribution in [3.8, 4) is 0 Å². The molecule has 0 amide bonds. The Bertz CT molecular complexity index is 2130. The van der Waals surface area contributed by atoms with Crippen molar-refractivity contribution in [2.75, 3.05) is 0 Å². The van der Waals surface area contributed by atoms with Gasteiger partial charge in [-0.2, -0.15) is 0 Å². The Labute approximate surface area is 275 Å². The molecular weight excluding hydrogens is 600 g/mol. The molecule has 0 radical (unpaired) electrons. The molecule has 0 saturated heterocycles. The van der Waals surface area contributed by atoms with Gasteiger partial charge >= 0.3 is 0 Å². The fraction of sp³-hybridized carbons (Fsp3) is 0.111. The number of aromatic nitrogens is 8. The Morgan fingerprint density at radius 2 is 0.562 bits per heavy atom. The minimum Gasteiger partial charge on any atom is -0.334 e. The number of allylic oxidation sites excluding steroid dienone is 12. The molecule has 0 spiro atoms. The SMILES string of the molecule is Cn1cncc1C1=C2C=CC(=N2)C(c2cncn2C)=C2C=CC(=N2)C(c2cncn2C)=C2C=CC(=N2)C(c2cncn2C)=C2C=CC1=N2. The van der Waals surface area contributed by atoms with Crippen molar-refractivity contribution in [2.24, 2.45) is 48.2 Å². The van der Waals surface area contributed by atoms with Crippen LogP contribution < -0.4 is 0 Å². The highest BCUT2D eigenvalue weighted by molar-refractivity contribution is 6.39. The predicted molar refractivity (Wildman–Crippen MR) is 187 cm³/mol. The van der Waals surface area contributed by atoms with Crippen molar-refractivity contribution in [1.82, 2.24) is 38.2 Å². The van der Waals surface area contributed by atoms with Crippen LogP contribution >= 0.6 is 0 Å². The average Bonchev–Trinajstić information content (AvgIpc) is 3.91. The lowest BCUT2D eigenvalue weighted by atomic mass is 10.0. The zero-order valence-electron chi connectivity index (χ0n) is 26.6. The van der Waals surface area contributed by atoms with E-state index in [1.165, 1.54) is 0 Å². The van der Waals surface area contributed by atoms with Crippen molar-refractivity contribution < 1.29 is 0 Å². The summed E-state index contributed by atoms with van der Waals surface area (Å²) in [6.45, 7) is 0. The third-order valence-electron chi connectivity index (χ3n) is 8.90. The van der Waals surface area contributed by atoms with Crippen molar-refractivity contribution >= 4 is 45.1 Å². The second-order valence-corrected chi connectivity index (χ2v) is 11.9. The van der Waals surface area contributed by atoms with Gasteiger partial charge in [0.05, 0.1) is 141 Å². The Kier molecular flexibility index (Phi) is 6.06. The highest BCUT2D eigenvalue weighted by Crippen LogP contribution is 2.38. The van der Waals surface area contributed by atoms with Gasteiger partial charge in [0, 0.05) is 28.2 Å². The van der Waals surface area contributed by atoms with Crippen LogP contribution in [0.5, 0.6) is 0 Å². The fourth-order valence-corrected chi connectivity index (χ4v) is 6.53. The summed E-state index contributed by atoms with van der Waals surface area (Å²) in [5, 5.41) is 0. The number of fused-ring (bicyclic) bond motifs is 4. The molecule has 8 bridgehead atoms. The second kappa shape index (κ2) is 10.5. The van der Waals surface area contributed by atoms with Crippen LogP contribution in [0.25, 0.3) is 22.3 Å². The van der Waals surface area contributed by atoms with Gasteiger partial charge in [0.1, 0.15) is 0 Å². The standard InChI is InChI=1S/C36H28N12/c1-45-17-37-13-29(45)33-21-5-7-23(41-21)34(30-14-38-18-46(30)2)25-9-11-27(43-25)36(32-16-40-20-48(32)4)28-12-10-26(44-28)35(24-8-6-22(33)42-24)31-15-39-19-47(31)3/h5-20H,1-4H3. The molecule has 0 aliphatic carbocycles. The molecule has 12 heteroatoms. The highest BCUT2D eigenvalue weighted by atomic mass is 15.1. The van der Waals surface area contributed by atoms with E-state index in [4.69, 9.17) is 20.0 Å². The first-order valence-electron chi connectivity index (χ1n) is 15.4. The summed E-state index contributed by atoms with van der Waals surface area (Å²) in [4.78, 5) is 38.8. The number of hydrogen-bond acceptors (Lipinski definition) is 8. The Morgan fingerprint density at radius 1 is 0.333 bits per heavy atom. The van der Waals surface area contributed by atoms with Crippen LogP contribution in [0, 0.1) is 0 Å². The summed E-state index contributed by atoms with van der Waals surface area (Å²) in [5.74, 6) is 0. The van der Waals surface area contributed by atoms with Crippen LogP contribution in [0.4, 0.5) is 0 Å². The predicted octanol–water partition coefficient (Wildman–Crippen LogP) is 4.62. The summed E-state index contributed by atoms with van der Waals surface area (Å²) < 4.78 is 7.94. The summed E-state index contributed by atoms with van der Waals surface area (Å²) in [7, 11) is 7.90. The summed E-state index contributed by atoms with van der Waals surface area (Å²) in [6, 6.07) is 0. The summed E-state index contributed by atoms with van der Waals surface area (Å²) in [5.41, 5.74) is 13.2. The van der Waals surface area contributed by atoms with E-state index in [2.05, 4.69) is 19.9 Å². The van der Waals surface area contributed by atoms with Gasteiger partial charge in [-0.3, -0.25) is 0 Å². The van der Waals surface area contributed by atoms with E-state index in [0.29, 0.717) is 0 Å². The number of aryl methyl sites for hydroxylation is 4. The Hall–Kier alpha value is -6.56. The zero-order chi connectivity index (χ0) is 32.5. The van der Waals surface area contributed by atoms with E-state index in [9.17, 15) is 0 Å². The van der Waals surface area contributed by atoms with Gasteiger partial charge in [-0.25, -0.2) is 39.9 Å². The topological polar surface area (TPSA) is 121 Å². The molecule has 9 heterocycles. The zero-order valence-corrected chi connectivity index (χ0v) is 26.6. The van der Waals surface area contributed by atoms with Crippen molar-refractivity contribution in [1.29, 1.82) is 0 Å². The van der Waals surface area contributed by atoms with Gasteiger partial charge in [-0.05, 0) is 48.6 Å². The molecule has 0 unspecified atom stereocenters. The monoisotopic (exact) mass is 628 g/mol. The van der Waals surface area contributed by atoms with E-state index >= 15 is 0 Å². The third kappa shape index (κ3) is 4.23. The van der Waals surface area contributed by atoms with E-state index in [0.717, 1.165) is 90.7 Å². The Morgan fingerprint density at radius 3 is 0.750 bits per heavy atom. The van der Waals surface area contributed by atoms with Crippen molar-refractivity contribution in [3.63, 3.8) is 0 Å². The van der Waals surface area contributed by atoms with Gasteiger partial charge in [0.25, 0.3) is 0 Å². The van der Waals surface area contributed by atoms with E-state index < -0.39 is 0 Å². The van der Waals surface area contributed by atoms with Gasteiger partial charge in [-0.15, -0.1) is 0 Å². The highest BCUT2D eigenvalue weighted by Gasteiger charge is 2.29. The minimum atomic E-state index is 0.773. The van der Waals surface area contributed by atoms with E-state index in [1.54, 1.807) is 25.3 Å². The molecule has 4 aromatic rings. The summed E-state index contributed by atoms with van der Waals surface area (Å²) in [6.07, 6.45) is 30.8. The number of aliphatic imine (C=N–C) groups is 4. The summed E-state index contributed by atoms with van der Waals surface area (Å²) >= 11 is 0. The number of hydrogen-bond donors (Lipinski definition) is 0. The molecule has 9 rings (SSSR count). The lowest BCUT2D eigenvalue weighted by Crippen LogP contribution is -2.07. The Balaban J connectivity index is 1.39. The van der Waals surface area contributed by atoms with Gasteiger partial charge in [0.2, 0.25) is 0 Å². The second-order valence-electron chi connectivity index (χ2n) is 11.9. The molecule has 5 aliphatic rings. The van der Waals surface area contributed by atoms with Crippen LogP contribution in [0.2, 0.25) is 0 Å². The maximum Gasteiger partial charge on any atom is 0.0948 e. The molecular formula is C36H28N12. The molecule has 0 atom stereocenters. The lowest BCUT2D eigenvalue weighted by molar-refractivity contribution is 0.897. The molecule has 48 heavy (non-hydrogen) atoms. The van der Waals surface area contributed by atoms with Crippen molar-refractivity contribution in [3.05, 3.63) is 144 Å². The molecule has 4 aromatic heterocycles. The first kappa shape index (κ1) is 27.7. The maximum absolute atomic E-state index is 5.25. The molecule has 0 saturated carbocycles. The van der Waals surface area contributed by atoms with E-state index in [-0.39, 0.29) is 0 Å².